The molecule has 0 saturated carbocycles. The summed E-state index contributed by atoms with van der Waals surface area (Å²) in [6, 6.07) is 7.61. The van der Waals surface area contributed by atoms with Gasteiger partial charge in [0.05, 0.1) is 6.61 Å². The van der Waals surface area contributed by atoms with Gasteiger partial charge in [0.25, 0.3) is 0 Å². The first kappa shape index (κ1) is 20.5. The molecule has 138 valence electrons. The van der Waals surface area contributed by atoms with Crippen molar-refractivity contribution < 1.29 is 23.9 Å². The Labute approximate surface area is 148 Å². The van der Waals surface area contributed by atoms with Crippen LogP contribution in [0.5, 0.6) is 0 Å². The van der Waals surface area contributed by atoms with Crippen molar-refractivity contribution in [3.8, 4) is 0 Å². The highest BCUT2D eigenvalue weighted by atomic mass is 16.5. The molecule has 1 aromatic carbocycles. The maximum atomic E-state index is 12.3. The number of ether oxygens (including phenoxy) is 2. The zero-order valence-electron chi connectivity index (χ0n) is 15.1. The lowest BCUT2D eigenvalue weighted by Crippen LogP contribution is -2.53. The van der Waals surface area contributed by atoms with Crippen LogP contribution in [0.25, 0.3) is 0 Å². The van der Waals surface area contributed by atoms with E-state index in [4.69, 9.17) is 9.47 Å². The monoisotopic (exact) mass is 350 g/mol. The van der Waals surface area contributed by atoms with Gasteiger partial charge in [0, 0.05) is 0 Å². The number of hydrogen-bond donors (Lipinski definition) is 2. The second-order valence-corrected chi connectivity index (χ2v) is 5.91. The van der Waals surface area contributed by atoms with Crippen molar-refractivity contribution in [3.05, 3.63) is 35.9 Å². The van der Waals surface area contributed by atoms with Crippen molar-refractivity contribution in [2.24, 2.45) is 5.92 Å². The number of esters is 1. The highest BCUT2D eigenvalue weighted by Crippen LogP contribution is 2.05. The Morgan fingerprint density at radius 1 is 1.00 bits per heavy atom. The van der Waals surface area contributed by atoms with Gasteiger partial charge in [0.15, 0.2) is 0 Å². The number of hydrogen-bond acceptors (Lipinski definition) is 5. The third-order valence-electron chi connectivity index (χ3n) is 3.43. The Kier molecular flexibility index (Phi) is 8.46. The lowest BCUT2D eigenvalue weighted by molar-refractivity contribution is -0.147. The molecular weight excluding hydrogens is 324 g/mol. The van der Waals surface area contributed by atoms with Gasteiger partial charge in [0.1, 0.15) is 18.7 Å². The molecule has 0 spiro atoms. The van der Waals surface area contributed by atoms with Crippen molar-refractivity contribution in [1.29, 1.82) is 0 Å². The summed E-state index contributed by atoms with van der Waals surface area (Å²) < 4.78 is 9.98. The molecule has 2 atom stereocenters. The highest BCUT2D eigenvalue weighted by Gasteiger charge is 2.27. The van der Waals surface area contributed by atoms with Gasteiger partial charge in [0.2, 0.25) is 5.91 Å². The fourth-order valence-electron chi connectivity index (χ4n) is 2.06. The average Bonchev–Trinajstić information content (AvgIpc) is 2.58. The van der Waals surface area contributed by atoms with Gasteiger partial charge in [-0.3, -0.25) is 4.79 Å². The van der Waals surface area contributed by atoms with Gasteiger partial charge < -0.3 is 20.1 Å². The second kappa shape index (κ2) is 10.3. The van der Waals surface area contributed by atoms with Crippen LogP contribution in [0.4, 0.5) is 4.79 Å². The summed E-state index contributed by atoms with van der Waals surface area (Å²) >= 11 is 0. The Morgan fingerprint density at radius 3 is 2.20 bits per heavy atom. The van der Waals surface area contributed by atoms with E-state index in [1.54, 1.807) is 20.8 Å². The molecule has 1 aromatic rings. The molecule has 7 nitrogen and oxygen atoms in total. The van der Waals surface area contributed by atoms with Crippen LogP contribution in [0.2, 0.25) is 0 Å². The molecule has 0 aliphatic carbocycles. The van der Waals surface area contributed by atoms with Gasteiger partial charge in [-0.05, 0) is 25.3 Å². The number of carbonyl (C=O) groups excluding carboxylic acids is 3. The Balaban J connectivity index is 2.56. The zero-order valence-corrected chi connectivity index (χ0v) is 15.1. The highest BCUT2D eigenvalue weighted by molar-refractivity contribution is 5.89. The van der Waals surface area contributed by atoms with Crippen LogP contribution in [0.15, 0.2) is 30.3 Å². The first-order chi connectivity index (χ1) is 11.8. The van der Waals surface area contributed by atoms with Gasteiger partial charge in [-0.15, -0.1) is 0 Å². The molecule has 0 heterocycles. The van der Waals surface area contributed by atoms with E-state index in [1.165, 1.54) is 6.92 Å². The smallest absolute Gasteiger partial charge is 0.408 e. The fraction of sp³-hybridized carbons (Fsp3) is 0.500. The summed E-state index contributed by atoms with van der Waals surface area (Å²) in [5.41, 5.74) is 0.846. The average molecular weight is 350 g/mol. The number of alkyl carbamates (subject to hydrolysis) is 1. The van der Waals surface area contributed by atoms with Crippen LogP contribution in [0.1, 0.15) is 33.3 Å². The largest absolute Gasteiger partial charge is 0.464 e. The van der Waals surface area contributed by atoms with Crippen LogP contribution < -0.4 is 10.6 Å². The SMILES string of the molecule is CCOC(=O)[C@H](C)NC(=O)[C@@H](NC(=O)OCc1ccccc1)C(C)C. The number of carbonyl (C=O) groups is 3. The van der Waals surface area contributed by atoms with E-state index in [0.29, 0.717) is 0 Å². The zero-order chi connectivity index (χ0) is 18.8. The quantitative estimate of drug-likeness (QED) is 0.700. The lowest BCUT2D eigenvalue weighted by Gasteiger charge is -2.23. The molecule has 0 aromatic heterocycles. The molecule has 7 heteroatoms. The molecule has 0 aliphatic rings. The fourth-order valence-corrected chi connectivity index (χ4v) is 2.06. The predicted octanol–water partition coefficient (Wildman–Crippen LogP) is 2.01. The maximum absolute atomic E-state index is 12.3. The summed E-state index contributed by atoms with van der Waals surface area (Å²) in [6.07, 6.45) is -0.693. The summed E-state index contributed by atoms with van der Waals surface area (Å²) in [7, 11) is 0. The van der Waals surface area contributed by atoms with Gasteiger partial charge in [-0.1, -0.05) is 44.2 Å². The summed E-state index contributed by atoms with van der Waals surface area (Å²) in [4.78, 5) is 35.9. The van der Waals surface area contributed by atoms with E-state index >= 15 is 0 Å². The summed E-state index contributed by atoms with van der Waals surface area (Å²) in [6.45, 7) is 7.14. The molecule has 25 heavy (non-hydrogen) atoms. The Morgan fingerprint density at radius 2 is 1.64 bits per heavy atom. The van der Waals surface area contributed by atoms with Crippen molar-refractivity contribution in [2.45, 2.75) is 46.4 Å². The van der Waals surface area contributed by atoms with Gasteiger partial charge >= 0.3 is 12.1 Å². The molecule has 2 amide bonds. The third kappa shape index (κ3) is 7.24. The van der Waals surface area contributed by atoms with Crippen LogP contribution in [0, 0.1) is 5.92 Å². The van der Waals surface area contributed by atoms with Crippen molar-refractivity contribution in [2.75, 3.05) is 6.61 Å². The predicted molar refractivity (Wildman–Crippen MR) is 92.6 cm³/mol. The first-order valence-corrected chi connectivity index (χ1v) is 8.29. The van der Waals surface area contributed by atoms with Crippen LogP contribution >= 0.6 is 0 Å². The summed E-state index contributed by atoms with van der Waals surface area (Å²) in [5.74, 6) is -1.17. The third-order valence-corrected chi connectivity index (χ3v) is 3.43. The second-order valence-electron chi connectivity index (χ2n) is 5.91. The van der Waals surface area contributed by atoms with Crippen LogP contribution in [-0.2, 0) is 25.7 Å². The minimum Gasteiger partial charge on any atom is -0.464 e. The molecule has 2 N–H and O–H groups in total. The molecule has 0 fully saturated rings. The lowest BCUT2D eigenvalue weighted by atomic mass is 10.0. The topological polar surface area (TPSA) is 93.7 Å². The molecule has 0 unspecified atom stereocenters. The molecule has 0 saturated heterocycles. The van der Waals surface area contributed by atoms with E-state index in [1.807, 2.05) is 30.3 Å². The molecule has 1 rings (SSSR count). The van der Waals surface area contributed by atoms with E-state index in [9.17, 15) is 14.4 Å². The number of amides is 2. The van der Waals surface area contributed by atoms with Gasteiger partial charge in [-0.2, -0.15) is 0 Å². The van der Waals surface area contributed by atoms with Crippen LogP contribution in [0.3, 0.4) is 0 Å². The normalized spacial score (nSPS) is 12.8. The summed E-state index contributed by atoms with van der Waals surface area (Å²) in [5, 5.41) is 5.08. The standard InChI is InChI=1S/C18H26N2O5/c1-5-24-17(22)13(4)19-16(21)15(12(2)3)20-18(23)25-11-14-9-7-6-8-10-14/h6-10,12-13,15H,5,11H2,1-4H3,(H,19,21)(H,20,23)/t13-,15-/m0/s1. The Hall–Kier alpha value is -2.57. The van der Waals surface area contributed by atoms with E-state index in [0.717, 1.165) is 5.56 Å². The number of benzene rings is 1. The van der Waals surface area contributed by atoms with Crippen molar-refractivity contribution in [1.82, 2.24) is 10.6 Å². The molecule has 0 radical (unpaired) electrons. The molecular formula is C18H26N2O5. The van der Waals surface area contributed by atoms with E-state index < -0.39 is 30.1 Å². The van der Waals surface area contributed by atoms with E-state index in [-0.39, 0.29) is 19.1 Å². The number of nitrogens with one attached hydrogen (secondary N) is 2. The Bertz CT molecular complexity index is 574. The van der Waals surface area contributed by atoms with Crippen molar-refractivity contribution in [3.63, 3.8) is 0 Å². The first-order valence-electron chi connectivity index (χ1n) is 8.29. The molecule has 0 aliphatic heterocycles. The van der Waals surface area contributed by atoms with E-state index in [2.05, 4.69) is 10.6 Å². The minimum atomic E-state index is -0.819. The van der Waals surface area contributed by atoms with Crippen LogP contribution in [-0.4, -0.2) is 36.7 Å². The van der Waals surface area contributed by atoms with Gasteiger partial charge in [-0.25, -0.2) is 9.59 Å². The molecule has 0 bridgehead atoms. The number of rotatable bonds is 8. The maximum Gasteiger partial charge on any atom is 0.408 e. The minimum absolute atomic E-state index is 0.109. The van der Waals surface area contributed by atoms with Crippen molar-refractivity contribution >= 4 is 18.0 Å².